The van der Waals surface area contributed by atoms with Crippen molar-refractivity contribution in [3.05, 3.63) is 65.2 Å². The average molecular weight is 450 g/mol. The van der Waals surface area contributed by atoms with Gasteiger partial charge in [0.15, 0.2) is 0 Å². The molecule has 2 aliphatic heterocycles. The first kappa shape index (κ1) is 22.4. The molecule has 3 amide bonds. The van der Waals surface area contributed by atoms with Gasteiger partial charge in [-0.15, -0.1) is 0 Å². The number of rotatable bonds is 4. The first-order chi connectivity index (χ1) is 15.8. The van der Waals surface area contributed by atoms with Gasteiger partial charge in [-0.05, 0) is 55.3 Å². The smallest absolute Gasteiger partial charge is 0.412 e. The summed E-state index contributed by atoms with van der Waals surface area (Å²) < 4.78 is 11.1. The number of nitrogens with zero attached hydrogens (tertiary/aromatic N) is 1. The number of likely N-dealkylation sites (tertiary alicyclic amines) is 1. The minimum absolute atomic E-state index is 0.258. The molecule has 172 valence electrons. The van der Waals surface area contributed by atoms with Gasteiger partial charge >= 0.3 is 6.09 Å². The maximum Gasteiger partial charge on any atom is 0.412 e. The second kappa shape index (κ2) is 8.97. The molecule has 2 aromatic rings. The van der Waals surface area contributed by atoms with Crippen LogP contribution in [0, 0.1) is 13.8 Å². The number of nitrogens with one attached hydrogen (secondary N) is 2. The Kier molecular flexibility index (Phi) is 6.09. The molecule has 2 aromatic carbocycles. The number of amides is 3. The molecule has 33 heavy (non-hydrogen) atoms. The van der Waals surface area contributed by atoms with Gasteiger partial charge in [0.2, 0.25) is 11.8 Å². The SMILES string of the molecule is COc1ccc2c(c1)C1(CCN(C(=O)C=CC(=O)Nc3cc(C)cc(C)c3)CC1)OC(=O)N2. The summed E-state index contributed by atoms with van der Waals surface area (Å²) in [5.41, 5.74) is 3.51. The Labute approximate surface area is 192 Å². The van der Waals surface area contributed by atoms with Crippen LogP contribution in [-0.4, -0.2) is 43.0 Å². The molecule has 0 atom stereocenters. The predicted octanol–water partition coefficient (Wildman–Crippen LogP) is 3.89. The van der Waals surface area contributed by atoms with Crippen molar-refractivity contribution in [1.29, 1.82) is 0 Å². The van der Waals surface area contributed by atoms with Gasteiger partial charge in [-0.1, -0.05) is 6.07 Å². The number of ether oxygens (including phenoxy) is 2. The van der Waals surface area contributed by atoms with Crippen molar-refractivity contribution in [2.75, 3.05) is 30.8 Å². The lowest BCUT2D eigenvalue weighted by atomic mass is 9.82. The molecule has 0 aromatic heterocycles. The number of hydrogen-bond acceptors (Lipinski definition) is 5. The van der Waals surface area contributed by atoms with E-state index in [1.165, 1.54) is 12.2 Å². The van der Waals surface area contributed by atoms with Gasteiger partial charge in [0, 0.05) is 49.3 Å². The Morgan fingerprint density at radius 2 is 1.79 bits per heavy atom. The molecule has 1 spiro atoms. The van der Waals surface area contributed by atoms with Crippen LogP contribution >= 0.6 is 0 Å². The molecular weight excluding hydrogens is 422 g/mol. The molecule has 1 fully saturated rings. The van der Waals surface area contributed by atoms with Gasteiger partial charge < -0.3 is 19.7 Å². The van der Waals surface area contributed by atoms with Crippen LogP contribution in [0.3, 0.4) is 0 Å². The fraction of sp³-hybridized carbons (Fsp3) is 0.320. The Morgan fingerprint density at radius 3 is 2.45 bits per heavy atom. The van der Waals surface area contributed by atoms with E-state index in [9.17, 15) is 14.4 Å². The highest BCUT2D eigenvalue weighted by Gasteiger charge is 2.45. The number of piperidine rings is 1. The van der Waals surface area contributed by atoms with E-state index in [0.717, 1.165) is 16.7 Å². The molecule has 2 heterocycles. The number of aryl methyl sites for hydroxylation is 2. The van der Waals surface area contributed by atoms with Crippen molar-refractivity contribution in [1.82, 2.24) is 4.90 Å². The van der Waals surface area contributed by atoms with Crippen LogP contribution in [0.4, 0.5) is 16.2 Å². The lowest BCUT2D eigenvalue weighted by Crippen LogP contribution is -2.49. The van der Waals surface area contributed by atoms with E-state index in [1.807, 2.05) is 38.1 Å². The Balaban J connectivity index is 1.40. The molecule has 4 rings (SSSR count). The predicted molar refractivity (Wildman–Crippen MR) is 124 cm³/mol. The third-order valence-electron chi connectivity index (χ3n) is 5.99. The highest BCUT2D eigenvalue weighted by molar-refractivity contribution is 6.03. The van der Waals surface area contributed by atoms with Gasteiger partial charge in [0.1, 0.15) is 11.4 Å². The van der Waals surface area contributed by atoms with Gasteiger partial charge in [-0.2, -0.15) is 0 Å². The van der Waals surface area contributed by atoms with E-state index in [4.69, 9.17) is 9.47 Å². The van der Waals surface area contributed by atoms with Gasteiger partial charge in [0.05, 0.1) is 12.8 Å². The Hall–Kier alpha value is -3.81. The topological polar surface area (TPSA) is 97.0 Å². The summed E-state index contributed by atoms with van der Waals surface area (Å²) in [6, 6.07) is 11.2. The highest BCUT2D eigenvalue weighted by Crippen LogP contribution is 2.44. The van der Waals surface area contributed by atoms with Crippen LogP contribution in [0.25, 0.3) is 0 Å². The van der Waals surface area contributed by atoms with Crippen LogP contribution in [0.1, 0.15) is 29.5 Å². The third-order valence-corrected chi connectivity index (χ3v) is 5.99. The van der Waals surface area contributed by atoms with E-state index in [2.05, 4.69) is 10.6 Å². The molecule has 0 aliphatic carbocycles. The molecule has 8 heteroatoms. The number of benzene rings is 2. The molecule has 0 radical (unpaired) electrons. The molecule has 2 N–H and O–H groups in total. The standard InChI is InChI=1S/C25H27N3O5/c1-16-12-17(2)14-18(13-16)26-22(29)6-7-23(30)28-10-8-25(9-11-28)20-15-19(32-3)4-5-21(20)27-24(31)33-25/h4-7,12-15H,8-11H2,1-3H3,(H,26,29)(H,27,31). The summed E-state index contributed by atoms with van der Waals surface area (Å²) in [5, 5.41) is 5.51. The van der Waals surface area contributed by atoms with E-state index in [-0.39, 0.29) is 11.8 Å². The minimum atomic E-state index is -0.812. The van der Waals surface area contributed by atoms with Crippen LogP contribution < -0.4 is 15.4 Å². The molecular formula is C25H27N3O5. The second-order valence-corrected chi connectivity index (χ2v) is 8.44. The monoisotopic (exact) mass is 449 g/mol. The van der Waals surface area contributed by atoms with Crippen molar-refractivity contribution in [3.63, 3.8) is 0 Å². The maximum atomic E-state index is 12.7. The fourth-order valence-electron chi connectivity index (χ4n) is 4.45. The van der Waals surface area contributed by atoms with Gasteiger partial charge in [-0.25, -0.2) is 4.79 Å². The number of methoxy groups -OCH3 is 1. The number of carbonyl (C=O) groups is 3. The van der Waals surface area contributed by atoms with E-state index in [1.54, 1.807) is 24.1 Å². The summed E-state index contributed by atoms with van der Waals surface area (Å²) >= 11 is 0. The molecule has 2 aliphatic rings. The van der Waals surface area contributed by atoms with Crippen LogP contribution in [0.5, 0.6) is 5.75 Å². The first-order valence-electron chi connectivity index (χ1n) is 10.8. The zero-order valence-electron chi connectivity index (χ0n) is 18.9. The summed E-state index contributed by atoms with van der Waals surface area (Å²) in [5.74, 6) is 0.0471. The third kappa shape index (κ3) is 4.84. The van der Waals surface area contributed by atoms with Crippen LogP contribution in [-0.2, 0) is 19.9 Å². The Bertz CT molecular complexity index is 1110. The van der Waals surface area contributed by atoms with Crippen LogP contribution in [0.2, 0.25) is 0 Å². The fourth-order valence-corrected chi connectivity index (χ4v) is 4.45. The number of carbonyl (C=O) groups excluding carboxylic acids is 3. The molecule has 8 nitrogen and oxygen atoms in total. The van der Waals surface area contributed by atoms with E-state index in [0.29, 0.717) is 43.1 Å². The lowest BCUT2D eigenvalue weighted by Gasteiger charge is -2.44. The number of anilines is 2. The first-order valence-corrected chi connectivity index (χ1v) is 10.8. The van der Waals surface area contributed by atoms with Crippen molar-refractivity contribution < 1.29 is 23.9 Å². The minimum Gasteiger partial charge on any atom is -0.497 e. The summed E-state index contributed by atoms with van der Waals surface area (Å²) in [6.45, 7) is 4.70. The van der Waals surface area contributed by atoms with Gasteiger partial charge in [0.25, 0.3) is 0 Å². The van der Waals surface area contributed by atoms with Crippen molar-refractivity contribution >= 4 is 29.3 Å². The lowest BCUT2D eigenvalue weighted by molar-refractivity contribution is -0.130. The summed E-state index contributed by atoms with van der Waals surface area (Å²) in [7, 11) is 1.58. The van der Waals surface area contributed by atoms with E-state index >= 15 is 0 Å². The maximum absolute atomic E-state index is 12.7. The Morgan fingerprint density at radius 1 is 1.09 bits per heavy atom. The normalized spacial score (nSPS) is 16.7. The van der Waals surface area contributed by atoms with Crippen molar-refractivity contribution in [2.24, 2.45) is 0 Å². The molecule has 0 bridgehead atoms. The molecule has 0 unspecified atom stereocenters. The zero-order valence-corrected chi connectivity index (χ0v) is 18.9. The summed E-state index contributed by atoms with van der Waals surface area (Å²) in [6.07, 6.45) is 2.93. The van der Waals surface area contributed by atoms with Crippen molar-refractivity contribution in [3.8, 4) is 5.75 Å². The van der Waals surface area contributed by atoms with E-state index < -0.39 is 11.7 Å². The molecule has 0 saturated carbocycles. The van der Waals surface area contributed by atoms with Crippen molar-refractivity contribution in [2.45, 2.75) is 32.3 Å². The van der Waals surface area contributed by atoms with Gasteiger partial charge in [-0.3, -0.25) is 14.9 Å². The quantitative estimate of drug-likeness (QED) is 0.691. The number of hydrogen-bond donors (Lipinski definition) is 2. The largest absolute Gasteiger partial charge is 0.497 e. The molecule has 1 saturated heterocycles. The zero-order chi connectivity index (χ0) is 23.6. The summed E-state index contributed by atoms with van der Waals surface area (Å²) in [4.78, 5) is 38.7. The highest BCUT2D eigenvalue weighted by atomic mass is 16.6. The number of fused-ring (bicyclic) bond motifs is 2. The average Bonchev–Trinajstić information content (AvgIpc) is 2.77. The van der Waals surface area contributed by atoms with Crippen LogP contribution in [0.15, 0.2) is 48.6 Å². The second-order valence-electron chi connectivity index (χ2n) is 8.44.